The van der Waals surface area contributed by atoms with E-state index < -0.39 is 34.8 Å². The summed E-state index contributed by atoms with van der Waals surface area (Å²) in [6, 6.07) is 17.6. The van der Waals surface area contributed by atoms with Crippen molar-refractivity contribution in [2.75, 3.05) is 46.6 Å². The molecular formula is C43H49F3N8O4S. The van der Waals surface area contributed by atoms with Crippen molar-refractivity contribution in [1.29, 1.82) is 5.26 Å². The van der Waals surface area contributed by atoms with Gasteiger partial charge in [0.2, 0.25) is 17.7 Å². The number of hydrogen-bond acceptors (Lipinski definition) is 9. The van der Waals surface area contributed by atoms with Crippen LogP contribution in [-0.2, 0) is 38.2 Å². The number of nitrogens with one attached hydrogen (secondary N) is 3. The van der Waals surface area contributed by atoms with Crippen molar-refractivity contribution in [2.45, 2.75) is 96.6 Å². The lowest BCUT2D eigenvalue weighted by Crippen LogP contribution is -2.58. The third-order valence-electron chi connectivity index (χ3n) is 11.3. The second kappa shape index (κ2) is 17.5. The van der Waals surface area contributed by atoms with Gasteiger partial charge in [-0.15, -0.1) is 0 Å². The molecule has 312 valence electrons. The molecule has 3 aliphatic rings. The number of anilines is 4. The zero-order valence-electron chi connectivity index (χ0n) is 33.8. The highest BCUT2D eigenvalue weighted by Gasteiger charge is 2.51. The summed E-state index contributed by atoms with van der Waals surface area (Å²) in [6.07, 6.45) is -1.68. The first kappa shape index (κ1) is 43.2. The normalized spacial score (nSPS) is 21.4. The molecule has 3 aliphatic heterocycles. The molecule has 4 amide bonds. The number of piperidine rings is 1. The van der Waals surface area contributed by atoms with Crippen LogP contribution >= 0.6 is 12.2 Å². The first-order chi connectivity index (χ1) is 27.9. The van der Waals surface area contributed by atoms with Crippen LogP contribution in [0.5, 0.6) is 0 Å². The van der Waals surface area contributed by atoms with E-state index in [1.54, 1.807) is 43.0 Å². The van der Waals surface area contributed by atoms with E-state index in [1.165, 1.54) is 6.07 Å². The molecule has 3 fully saturated rings. The van der Waals surface area contributed by atoms with Gasteiger partial charge in [0.05, 0.1) is 29.4 Å². The van der Waals surface area contributed by atoms with Crippen molar-refractivity contribution in [3.8, 4) is 6.07 Å². The number of carbonyl (C=O) groups excluding carboxylic acids is 4. The second-order valence-corrected chi connectivity index (χ2v) is 16.3. The van der Waals surface area contributed by atoms with Gasteiger partial charge in [-0.25, -0.2) is 0 Å². The number of rotatable bonds is 12. The Morgan fingerprint density at radius 1 is 0.983 bits per heavy atom. The quantitative estimate of drug-likeness (QED) is 0.142. The van der Waals surface area contributed by atoms with E-state index in [0.29, 0.717) is 23.5 Å². The van der Waals surface area contributed by atoms with Gasteiger partial charge in [-0.1, -0.05) is 19.1 Å². The number of aryl methyl sites for hydroxylation is 2. The van der Waals surface area contributed by atoms with Gasteiger partial charge < -0.3 is 20.4 Å². The van der Waals surface area contributed by atoms with Crippen molar-refractivity contribution in [3.63, 3.8) is 0 Å². The Morgan fingerprint density at radius 3 is 2.34 bits per heavy atom. The minimum atomic E-state index is -4.78. The summed E-state index contributed by atoms with van der Waals surface area (Å²) in [5.74, 6) is -1.25. The summed E-state index contributed by atoms with van der Waals surface area (Å²) in [6.45, 7) is 12.4. The highest BCUT2D eigenvalue weighted by molar-refractivity contribution is 7.81. The van der Waals surface area contributed by atoms with Crippen LogP contribution in [-0.4, -0.2) is 88.4 Å². The largest absolute Gasteiger partial charge is 0.417 e. The first-order valence-corrected chi connectivity index (χ1v) is 20.2. The van der Waals surface area contributed by atoms with Crippen LogP contribution in [0, 0.1) is 11.3 Å². The van der Waals surface area contributed by atoms with Gasteiger partial charge in [-0.05, 0) is 132 Å². The number of hydrogen-bond donors (Lipinski definition) is 3. The molecule has 0 aromatic heterocycles. The minimum Gasteiger partial charge on any atom is -0.374 e. The molecule has 3 saturated heterocycles. The SMILES string of the molecule is CCc1cc(N2C(=S)N(c3ccc(C#N)c(C(F)(F)F)c3)C(=O)C2(C)C)ccc1CCCN1C[C@@H](C)N(CC(=O)Nc2cccc(NC3CCC(=O)NC3=O)c2)[C@@H](C)C1. The molecule has 12 nitrogen and oxygen atoms in total. The molecule has 0 aliphatic carbocycles. The number of nitrogens with zero attached hydrogens (tertiary/aromatic N) is 5. The van der Waals surface area contributed by atoms with Crippen LogP contribution in [0.2, 0.25) is 0 Å². The highest BCUT2D eigenvalue weighted by atomic mass is 32.1. The topological polar surface area (TPSA) is 141 Å². The summed E-state index contributed by atoms with van der Waals surface area (Å²) in [5, 5.41) is 17.8. The summed E-state index contributed by atoms with van der Waals surface area (Å²) < 4.78 is 41.4. The monoisotopic (exact) mass is 830 g/mol. The molecule has 0 bridgehead atoms. The number of alkyl halides is 3. The van der Waals surface area contributed by atoms with Gasteiger partial charge >= 0.3 is 6.18 Å². The maximum atomic E-state index is 13.8. The van der Waals surface area contributed by atoms with Gasteiger partial charge in [0.1, 0.15) is 11.6 Å². The minimum absolute atomic E-state index is 0.0502. The van der Waals surface area contributed by atoms with Crippen molar-refractivity contribution >= 4 is 63.7 Å². The molecule has 6 rings (SSSR count). The molecule has 3 N–H and O–H groups in total. The predicted octanol–water partition coefficient (Wildman–Crippen LogP) is 6.24. The lowest BCUT2D eigenvalue weighted by molar-refractivity contribution is -0.138. The van der Waals surface area contributed by atoms with Gasteiger partial charge in [-0.2, -0.15) is 18.4 Å². The summed E-state index contributed by atoms with van der Waals surface area (Å²) in [5.41, 5.74) is 1.30. The van der Waals surface area contributed by atoms with Crippen LogP contribution in [0.1, 0.15) is 76.1 Å². The molecule has 3 aromatic rings. The number of amides is 4. The number of imide groups is 1. The molecule has 59 heavy (non-hydrogen) atoms. The molecule has 0 saturated carbocycles. The Bertz CT molecular complexity index is 2180. The Hall–Kier alpha value is -5.37. The van der Waals surface area contributed by atoms with Crippen LogP contribution in [0.15, 0.2) is 60.7 Å². The third-order valence-corrected chi connectivity index (χ3v) is 11.7. The number of nitriles is 1. The molecule has 3 heterocycles. The van der Waals surface area contributed by atoms with Crippen molar-refractivity contribution in [3.05, 3.63) is 82.9 Å². The molecule has 16 heteroatoms. The summed E-state index contributed by atoms with van der Waals surface area (Å²) in [4.78, 5) is 58.0. The van der Waals surface area contributed by atoms with E-state index in [4.69, 9.17) is 12.2 Å². The van der Waals surface area contributed by atoms with Crippen molar-refractivity contribution in [1.82, 2.24) is 15.1 Å². The van der Waals surface area contributed by atoms with Gasteiger partial charge in [0, 0.05) is 48.7 Å². The van der Waals surface area contributed by atoms with E-state index in [1.807, 2.05) is 24.3 Å². The zero-order chi connectivity index (χ0) is 42.8. The number of piperazine rings is 1. The van der Waals surface area contributed by atoms with Crippen LogP contribution in [0.3, 0.4) is 0 Å². The van der Waals surface area contributed by atoms with Gasteiger partial charge in [-0.3, -0.25) is 34.3 Å². The van der Waals surface area contributed by atoms with E-state index in [9.17, 15) is 37.6 Å². The van der Waals surface area contributed by atoms with Crippen LogP contribution < -0.4 is 25.8 Å². The fraction of sp³-hybridized carbons (Fsp3) is 0.442. The van der Waals surface area contributed by atoms with Crippen LogP contribution in [0.4, 0.5) is 35.9 Å². The Morgan fingerprint density at radius 2 is 1.68 bits per heavy atom. The molecule has 3 atom stereocenters. The van der Waals surface area contributed by atoms with E-state index >= 15 is 0 Å². The van der Waals surface area contributed by atoms with E-state index in [2.05, 4.69) is 46.5 Å². The maximum absolute atomic E-state index is 13.8. The lowest BCUT2D eigenvalue weighted by Gasteiger charge is -2.44. The fourth-order valence-corrected chi connectivity index (χ4v) is 8.84. The number of thiocarbonyl (C=S) groups is 1. The fourth-order valence-electron chi connectivity index (χ4n) is 8.32. The predicted molar refractivity (Wildman–Crippen MR) is 224 cm³/mol. The van der Waals surface area contributed by atoms with Gasteiger partial charge in [0.15, 0.2) is 5.11 Å². The molecular weight excluding hydrogens is 782 g/mol. The second-order valence-electron chi connectivity index (χ2n) is 16.0. The van der Waals surface area contributed by atoms with Crippen molar-refractivity contribution in [2.24, 2.45) is 0 Å². The smallest absolute Gasteiger partial charge is 0.374 e. The average Bonchev–Trinajstić information content (AvgIpc) is 3.35. The van der Waals surface area contributed by atoms with E-state index in [0.717, 1.165) is 67.1 Å². The Kier molecular flexibility index (Phi) is 12.8. The molecule has 3 aromatic carbocycles. The number of benzene rings is 3. The Balaban J connectivity index is 1.03. The highest BCUT2D eigenvalue weighted by Crippen LogP contribution is 2.40. The summed E-state index contributed by atoms with van der Waals surface area (Å²) in [7, 11) is 0. The molecule has 1 unspecified atom stereocenters. The Labute approximate surface area is 347 Å². The first-order valence-electron chi connectivity index (χ1n) is 19.8. The zero-order valence-corrected chi connectivity index (χ0v) is 34.6. The summed E-state index contributed by atoms with van der Waals surface area (Å²) >= 11 is 5.75. The number of carbonyl (C=O) groups is 4. The standard InChI is InChI=1S/C43H49F3N8O4S/c1-6-28-19-34(54-41(59)53(40(58)42(54,4)5)33-14-13-30(22-47)35(21-33)43(44,45)46)15-12-29(28)9-8-18-51-23-26(2)52(27(3)24-51)25-38(56)49-32-11-7-10-31(20-32)48-36-16-17-37(55)50-39(36)57/h7,10-15,19-21,26-27,36,48H,6,8-9,16-18,23-25H2,1-5H3,(H,49,56)(H,50,55,57)/t26-,27+,36?. The average molecular weight is 831 g/mol. The van der Waals surface area contributed by atoms with Gasteiger partial charge in [0.25, 0.3) is 5.91 Å². The number of halogens is 3. The maximum Gasteiger partial charge on any atom is 0.417 e. The van der Waals surface area contributed by atoms with Crippen molar-refractivity contribution < 1.29 is 32.3 Å². The van der Waals surface area contributed by atoms with Crippen LogP contribution in [0.25, 0.3) is 0 Å². The third kappa shape index (κ3) is 9.43. The molecule has 0 radical (unpaired) electrons. The van der Waals surface area contributed by atoms with E-state index in [-0.39, 0.29) is 53.6 Å². The lowest BCUT2D eigenvalue weighted by atomic mass is 9.97. The molecule has 0 spiro atoms.